The van der Waals surface area contributed by atoms with Crippen molar-refractivity contribution >= 4 is 0 Å². The van der Waals surface area contributed by atoms with Crippen LogP contribution >= 0.6 is 0 Å². The van der Waals surface area contributed by atoms with E-state index in [2.05, 4.69) is 25.9 Å². The normalized spacial score (nSPS) is 9.43. The van der Waals surface area contributed by atoms with Gasteiger partial charge in [0.05, 0.1) is 0 Å². The molecule has 0 saturated carbocycles. The highest BCUT2D eigenvalue weighted by atomic mass is 16.5. The van der Waals surface area contributed by atoms with E-state index in [0.29, 0.717) is 5.92 Å². The van der Waals surface area contributed by atoms with E-state index in [9.17, 15) is 0 Å². The highest BCUT2D eigenvalue weighted by molar-refractivity contribution is 5.28. The number of aryl methyl sites for hydroxylation is 1. The van der Waals surface area contributed by atoms with Gasteiger partial charge in [0.2, 0.25) is 0 Å². The molecule has 74 valence electrons. The Hall–Kier alpha value is -1.42. The topological polar surface area (TPSA) is 9.23 Å². The predicted molar refractivity (Wildman–Crippen MR) is 59.0 cm³/mol. The van der Waals surface area contributed by atoms with Crippen molar-refractivity contribution in [1.82, 2.24) is 0 Å². The van der Waals surface area contributed by atoms with Crippen molar-refractivity contribution in [2.24, 2.45) is 5.92 Å². The first-order valence-corrected chi connectivity index (χ1v) is 4.90. The first kappa shape index (κ1) is 10.7. The minimum Gasteiger partial charge on any atom is -0.408 e. The van der Waals surface area contributed by atoms with Crippen LogP contribution in [0.2, 0.25) is 0 Å². The molecule has 14 heavy (non-hydrogen) atoms. The van der Waals surface area contributed by atoms with Crippen molar-refractivity contribution in [3.63, 3.8) is 0 Å². The second kappa shape index (κ2) is 5.34. The van der Waals surface area contributed by atoms with Crippen molar-refractivity contribution in [1.29, 1.82) is 0 Å². The molecule has 0 amide bonds. The third-order valence-corrected chi connectivity index (χ3v) is 1.74. The quantitative estimate of drug-likeness (QED) is 0.646. The molecule has 0 bridgehead atoms. The van der Waals surface area contributed by atoms with Crippen molar-refractivity contribution in [2.75, 3.05) is 0 Å². The summed E-state index contributed by atoms with van der Waals surface area (Å²) in [6.07, 6.45) is 3.59. The van der Waals surface area contributed by atoms with Gasteiger partial charge in [0.1, 0.15) is 11.9 Å². The van der Waals surface area contributed by atoms with Crippen LogP contribution in [0.25, 0.3) is 0 Å². The van der Waals surface area contributed by atoms with Gasteiger partial charge in [0.15, 0.2) is 0 Å². The lowest BCUT2D eigenvalue weighted by Gasteiger charge is -1.97. The van der Waals surface area contributed by atoms with E-state index >= 15 is 0 Å². The lowest BCUT2D eigenvalue weighted by atomic mass is 10.1. The first-order chi connectivity index (χ1) is 6.68. The summed E-state index contributed by atoms with van der Waals surface area (Å²) in [6, 6.07) is 7.89. The second-order valence-corrected chi connectivity index (χ2v) is 3.80. The fourth-order valence-corrected chi connectivity index (χ4v) is 1.02. The zero-order valence-electron chi connectivity index (χ0n) is 9.00. The zero-order chi connectivity index (χ0) is 10.4. The molecule has 0 spiro atoms. The molecule has 0 N–H and O–H groups in total. The minimum atomic E-state index is 0.601. The van der Waals surface area contributed by atoms with Crippen LogP contribution in [0, 0.1) is 24.9 Å². The van der Waals surface area contributed by atoms with Gasteiger partial charge in [-0.3, -0.25) is 0 Å². The van der Waals surface area contributed by atoms with Gasteiger partial charge < -0.3 is 4.74 Å². The summed E-state index contributed by atoms with van der Waals surface area (Å²) in [5.74, 6) is 4.40. The third kappa shape index (κ3) is 4.00. The smallest absolute Gasteiger partial charge is 0.140 e. The average molecular weight is 188 g/mol. The molecule has 0 radical (unpaired) electrons. The monoisotopic (exact) mass is 188 g/mol. The Morgan fingerprint density at radius 3 is 2.79 bits per heavy atom. The van der Waals surface area contributed by atoms with Crippen molar-refractivity contribution in [3.8, 4) is 17.8 Å². The molecule has 0 fully saturated rings. The molecule has 1 nitrogen and oxygen atoms in total. The average Bonchev–Trinajstić information content (AvgIpc) is 2.12. The Balaban J connectivity index is 2.48. The molecule has 0 saturated heterocycles. The van der Waals surface area contributed by atoms with Crippen LogP contribution in [-0.2, 0) is 0 Å². The van der Waals surface area contributed by atoms with Gasteiger partial charge in [-0.2, -0.15) is 0 Å². The van der Waals surface area contributed by atoms with Gasteiger partial charge in [-0.15, -0.1) is 0 Å². The number of ether oxygens (including phenoxy) is 1. The van der Waals surface area contributed by atoms with Crippen LogP contribution in [-0.4, -0.2) is 0 Å². The van der Waals surface area contributed by atoms with E-state index in [1.165, 1.54) is 5.56 Å². The Morgan fingerprint density at radius 1 is 1.36 bits per heavy atom. The first-order valence-electron chi connectivity index (χ1n) is 4.90. The van der Waals surface area contributed by atoms with Crippen LogP contribution in [0.4, 0.5) is 0 Å². The van der Waals surface area contributed by atoms with Gasteiger partial charge in [-0.1, -0.05) is 31.9 Å². The van der Waals surface area contributed by atoms with E-state index in [1.807, 2.05) is 31.2 Å². The summed E-state index contributed by atoms with van der Waals surface area (Å²) in [5.41, 5.74) is 1.19. The van der Waals surface area contributed by atoms with E-state index in [0.717, 1.165) is 12.2 Å². The molecule has 1 rings (SSSR count). The van der Waals surface area contributed by atoms with Crippen LogP contribution in [0.1, 0.15) is 25.8 Å². The van der Waals surface area contributed by atoms with Gasteiger partial charge in [0.25, 0.3) is 0 Å². The second-order valence-electron chi connectivity index (χ2n) is 3.80. The van der Waals surface area contributed by atoms with Crippen molar-refractivity contribution in [3.05, 3.63) is 29.8 Å². The van der Waals surface area contributed by atoms with Gasteiger partial charge >= 0.3 is 0 Å². The highest BCUT2D eigenvalue weighted by Gasteiger charge is 1.90. The Labute approximate surface area is 86.1 Å². The Kier molecular flexibility index (Phi) is 4.07. The Morgan fingerprint density at radius 2 is 2.14 bits per heavy atom. The van der Waals surface area contributed by atoms with E-state index in [1.54, 1.807) is 0 Å². The van der Waals surface area contributed by atoms with Crippen molar-refractivity contribution < 1.29 is 4.74 Å². The van der Waals surface area contributed by atoms with Gasteiger partial charge in [0, 0.05) is 6.42 Å². The SMILES string of the molecule is Cc1cccc(OC#CCC(C)C)c1. The van der Waals surface area contributed by atoms with E-state index in [4.69, 9.17) is 4.74 Å². The maximum atomic E-state index is 5.28. The molecule has 0 aliphatic rings. The van der Waals surface area contributed by atoms with E-state index < -0.39 is 0 Å². The minimum absolute atomic E-state index is 0.601. The summed E-state index contributed by atoms with van der Waals surface area (Å²) in [4.78, 5) is 0. The third-order valence-electron chi connectivity index (χ3n) is 1.74. The van der Waals surface area contributed by atoms with E-state index in [-0.39, 0.29) is 0 Å². The lowest BCUT2D eigenvalue weighted by molar-refractivity contribution is 0.516. The van der Waals surface area contributed by atoms with Gasteiger partial charge in [-0.25, -0.2) is 0 Å². The molecule has 1 aromatic carbocycles. The standard InChI is InChI=1S/C13H16O/c1-11(2)6-5-9-14-13-8-4-7-12(3)10-13/h4,7-8,10-11H,6H2,1-3H3. The molecule has 1 heteroatoms. The zero-order valence-corrected chi connectivity index (χ0v) is 9.00. The number of benzene rings is 1. The van der Waals surface area contributed by atoms with Gasteiger partial charge in [-0.05, 0) is 30.5 Å². The number of rotatable bonds is 2. The summed E-state index contributed by atoms with van der Waals surface area (Å²) in [6.45, 7) is 6.32. The predicted octanol–water partition coefficient (Wildman–Crippen LogP) is 3.38. The molecule has 0 unspecified atom stereocenters. The maximum Gasteiger partial charge on any atom is 0.140 e. The lowest BCUT2D eigenvalue weighted by Crippen LogP contribution is -1.86. The summed E-state index contributed by atoms with van der Waals surface area (Å²) < 4.78 is 5.28. The van der Waals surface area contributed by atoms with Crippen LogP contribution in [0.15, 0.2) is 24.3 Å². The molecule has 0 aliphatic heterocycles. The molecule has 0 atom stereocenters. The van der Waals surface area contributed by atoms with Crippen LogP contribution < -0.4 is 4.74 Å². The largest absolute Gasteiger partial charge is 0.408 e. The Bertz CT molecular complexity index is 342. The molecule has 0 heterocycles. The van der Waals surface area contributed by atoms with Crippen molar-refractivity contribution in [2.45, 2.75) is 27.2 Å². The summed E-state index contributed by atoms with van der Waals surface area (Å²) in [5, 5.41) is 0. The number of hydrogen-bond acceptors (Lipinski definition) is 1. The molecule has 0 aliphatic carbocycles. The highest BCUT2D eigenvalue weighted by Crippen LogP contribution is 2.11. The molecular weight excluding hydrogens is 172 g/mol. The fourth-order valence-electron chi connectivity index (χ4n) is 1.02. The van der Waals surface area contributed by atoms with Crippen LogP contribution in [0.5, 0.6) is 5.75 Å². The summed E-state index contributed by atoms with van der Waals surface area (Å²) in [7, 11) is 0. The number of hydrogen-bond donors (Lipinski definition) is 0. The molecular formula is C13H16O. The molecule has 0 aromatic heterocycles. The summed E-state index contributed by atoms with van der Waals surface area (Å²) >= 11 is 0. The van der Waals surface area contributed by atoms with Crippen LogP contribution in [0.3, 0.4) is 0 Å². The molecule has 1 aromatic rings. The maximum absolute atomic E-state index is 5.28. The fraction of sp³-hybridized carbons (Fsp3) is 0.385.